The number of nitrogens with zero attached hydrogens (tertiary/aromatic N) is 3. The van der Waals surface area contributed by atoms with E-state index in [2.05, 4.69) is 15.6 Å². The van der Waals surface area contributed by atoms with E-state index in [1.807, 2.05) is 6.07 Å². The summed E-state index contributed by atoms with van der Waals surface area (Å²) in [5, 5.41) is 26.2. The summed E-state index contributed by atoms with van der Waals surface area (Å²) in [5.74, 6) is 0.169. The second-order valence-corrected chi connectivity index (χ2v) is 4.43. The highest BCUT2D eigenvalue weighted by Crippen LogP contribution is 2.25. The molecule has 0 aromatic carbocycles. The molecule has 2 N–H and O–H groups in total. The van der Waals surface area contributed by atoms with E-state index in [-0.39, 0.29) is 17.1 Å². The monoisotopic (exact) mass is 261 g/mol. The summed E-state index contributed by atoms with van der Waals surface area (Å²) in [5.41, 5.74) is -0.217. The van der Waals surface area contributed by atoms with Crippen LogP contribution >= 0.6 is 0 Å². The van der Waals surface area contributed by atoms with E-state index in [4.69, 9.17) is 5.26 Å². The van der Waals surface area contributed by atoms with Gasteiger partial charge in [0.2, 0.25) is 5.82 Å². The molecule has 1 aliphatic heterocycles. The first-order valence-corrected chi connectivity index (χ1v) is 6.23. The Morgan fingerprint density at radius 3 is 3.16 bits per heavy atom. The molecule has 1 unspecified atom stereocenters. The highest BCUT2D eigenvalue weighted by molar-refractivity contribution is 5.63. The molecule has 19 heavy (non-hydrogen) atoms. The van der Waals surface area contributed by atoms with Crippen molar-refractivity contribution in [3.8, 4) is 6.07 Å². The third-order valence-electron chi connectivity index (χ3n) is 3.17. The predicted molar refractivity (Wildman–Crippen MR) is 69.7 cm³/mol. The first kappa shape index (κ1) is 13.2. The van der Waals surface area contributed by atoms with Crippen LogP contribution in [0.2, 0.25) is 0 Å². The van der Waals surface area contributed by atoms with Crippen molar-refractivity contribution >= 4 is 11.5 Å². The van der Waals surface area contributed by atoms with E-state index in [9.17, 15) is 10.1 Å². The van der Waals surface area contributed by atoms with Crippen LogP contribution in [0.3, 0.4) is 0 Å². The van der Waals surface area contributed by atoms with Gasteiger partial charge >= 0.3 is 5.69 Å². The molecule has 7 heteroatoms. The molecule has 0 aliphatic carbocycles. The summed E-state index contributed by atoms with van der Waals surface area (Å²) >= 11 is 0. The van der Waals surface area contributed by atoms with Crippen molar-refractivity contribution in [2.45, 2.75) is 25.3 Å². The zero-order valence-corrected chi connectivity index (χ0v) is 10.4. The molecule has 1 aromatic rings. The Bertz CT molecular complexity index is 505. The molecule has 7 nitrogen and oxygen atoms in total. The van der Waals surface area contributed by atoms with Gasteiger partial charge in [-0.3, -0.25) is 10.1 Å². The minimum atomic E-state index is -0.568. The van der Waals surface area contributed by atoms with Crippen molar-refractivity contribution in [3.63, 3.8) is 0 Å². The summed E-state index contributed by atoms with van der Waals surface area (Å²) in [6.07, 6.45) is 4.60. The third kappa shape index (κ3) is 3.17. The highest BCUT2D eigenvalue weighted by atomic mass is 16.6. The maximum absolute atomic E-state index is 11.0. The number of aromatic nitrogens is 1. The Hall–Kier alpha value is -2.20. The lowest BCUT2D eigenvalue weighted by atomic mass is 10.1. The Morgan fingerprint density at radius 1 is 1.68 bits per heavy atom. The second-order valence-electron chi connectivity index (χ2n) is 4.43. The molecule has 1 aliphatic rings. The Labute approximate surface area is 110 Å². The smallest absolute Gasteiger partial charge is 0.328 e. The lowest BCUT2D eigenvalue weighted by molar-refractivity contribution is -0.384. The number of anilines is 1. The van der Waals surface area contributed by atoms with E-state index in [1.54, 1.807) is 0 Å². The molecule has 100 valence electrons. The molecule has 2 heterocycles. The van der Waals surface area contributed by atoms with Crippen molar-refractivity contribution in [2.24, 2.45) is 0 Å². The Kier molecular flexibility index (Phi) is 4.26. The van der Waals surface area contributed by atoms with Gasteiger partial charge in [-0.15, -0.1) is 0 Å². The lowest BCUT2D eigenvalue weighted by Crippen LogP contribution is -2.24. The maximum atomic E-state index is 11.0. The van der Waals surface area contributed by atoms with Crippen LogP contribution in [0.5, 0.6) is 0 Å². The van der Waals surface area contributed by atoms with Gasteiger partial charge in [-0.1, -0.05) is 0 Å². The van der Waals surface area contributed by atoms with Crippen LogP contribution in [0.25, 0.3) is 0 Å². The molecular formula is C12H15N5O2. The van der Waals surface area contributed by atoms with Crippen LogP contribution in [0.15, 0.2) is 12.3 Å². The van der Waals surface area contributed by atoms with Crippen molar-refractivity contribution in [1.82, 2.24) is 10.3 Å². The van der Waals surface area contributed by atoms with Gasteiger partial charge in [0, 0.05) is 18.8 Å². The van der Waals surface area contributed by atoms with Gasteiger partial charge < -0.3 is 10.6 Å². The van der Waals surface area contributed by atoms with E-state index < -0.39 is 4.92 Å². The van der Waals surface area contributed by atoms with Crippen molar-refractivity contribution in [2.75, 3.05) is 18.4 Å². The predicted octanol–water partition coefficient (Wildman–Crippen LogP) is 1.42. The molecule has 1 saturated heterocycles. The van der Waals surface area contributed by atoms with Crippen molar-refractivity contribution < 1.29 is 4.92 Å². The van der Waals surface area contributed by atoms with Crippen molar-refractivity contribution in [3.05, 3.63) is 27.9 Å². The summed E-state index contributed by atoms with van der Waals surface area (Å²) < 4.78 is 0. The van der Waals surface area contributed by atoms with Crippen molar-refractivity contribution in [1.29, 1.82) is 5.26 Å². The van der Waals surface area contributed by atoms with Gasteiger partial charge in [0.1, 0.15) is 11.6 Å². The zero-order chi connectivity index (χ0) is 13.7. The van der Waals surface area contributed by atoms with Crippen LogP contribution < -0.4 is 10.6 Å². The van der Waals surface area contributed by atoms with Gasteiger partial charge in [0.25, 0.3) is 0 Å². The van der Waals surface area contributed by atoms with E-state index in [1.165, 1.54) is 18.7 Å². The normalized spacial score (nSPS) is 17.9. The Balaban J connectivity index is 2.03. The summed E-state index contributed by atoms with van der Waals surface area (Å²) in [7, 11) is 0. The SMILES string of the molecule is N#Cc1ccnc(NCCC2CCCN2)c1[N+](=O)[O-]. The van der Waals surface area contributed by atoms with Gasteiger partial charge in [-0.2, -0.15) is 5.26 Å². The third-order valence-corrected chi connectivity index (χ3v) is 3.17. The fourth-order valence-electron chi connectivity index (χ4n) is 2.23. The number of pyridine rings is 1. The lowest BCUT2D eigenvalue weighted by Gasteiger charge is -2.11. The van der Waals surface area contributed by atoms with E-state index in [0.717, 1.165) is 19.4 Å². The number of rotatable bonds is 5. The molecule has 0 amide bonds. The molecule has 1 aromatic heterocycles. The van der Waals surface area contributed by atoms with Gasteiger partial charge in [0.15, 0.2) is 0 Å². The van der Waals surface area contributed by atoms with Crippen LogP contribution in [0.4, 0.5) is 11.5 Å². The van der Waals surface area contributed by atoms with Crippen LogP contribution in [-0.4, -0.2) is 29.0 Å². The van der Waals surface area contributed by atoms with Gasteiger partial charge in [0.05, 0.1) is 4.92 Å². The van der Waals surface area contributed by atoms with Gasteiger partial charge in [-0.05, 0) is 31.9 Å². The number of nitrogens with one attached hydrogen (secondary N) is 2. The average molecular weight is 261 g/mol. The number of hydrogen-bond donors (Lipinski definition) is 2. The fourth-order valence-corrected chi connectivity index (χ4v) is 2.23. The van der Waals surface area contributed by atoms with Crippen LogP contribution in [0.1, 0.15) is 24.8 Å². The van der Waals surface area contributed by atoms with Crippen LogP contribution in [-0.2, 0) is 0 Å². The second kappa shape index (κ2) is 6.11. The molecule has 0 radical (unpaired) electrons. The standard InChI is InChI=1S/C12H15N5O2/c13-8-9-3-6-15-12(11(9)17(18)19)16-7-4-10-2-1-5-14-10/h3,6,10,14H,1-2,4-5,7H2,(H,15,16). The first-order valence-electron chi connectivity index (χ1n) is 6.23. The Morgan fingerprint density at radius 2 is 2.53 bits per heavy atom. The van der Waals surface area contributed by atoms with E-state index >= 15 is 0 Å². The number of hydrogen-bond acceptors (Lipinski definition) is 6. The topological polar surface area (TPSA) is 104 Å². The zero-order valence-electron chi connectivity index (χ0n) is 10.4. The van der Waals surface area contributed by atoms with Gasteiger partial charge in [-0.25, -0.2) is 4.98 Å². The molecule has 1 fully saturated rings. The molecule has 1 atom stereocenters. The quantitative estimate of drug-likeness (QED) is 0.613. The maximum Gasteiger partial charge on any atom is 0.328 e. The van der Waals surface area contributed by atoms with Crippen LogP contribution in [0, 0.1) is 21.4 Å². The van der Waals surface area contributed by atoms with E-state index in [0.29, 0.717) is 12.6 Å². The summed E-state index contributed by atoms with van der Waals surface area (Å²) in [6.45, 7) is 1.63. The minimum Gasteiger partial charge on any atom is -0.364 e. The summed E-state index contributed by atoms with van der Waals surface area (Å²) in [4.78, 5) is 14.4. The average Bonchev–Trinajstić information content (AvgIpc) is 2.91. The molecule has 2 rings (SSSR count). The summed E-state index contributed by atoms with van der Waals surface area (Å²) in [6, 6.07) is 3.63. The minimum absolute atomic E-state index is 0.0292. The molecular weight excluding hydrogens is 246 g/mol. The molecule has 0 bridgehead atoms. The highest BCUT2D eigenvalue weighted by Gasteiger charge is 2.21. The molecule has 0 spiro atoms. The number of nitro groups is 1. The first-order chi connectivity index (χ1) is 9.22. The largest absolute Gasteiger partial charge is 0.364 e. The fraction of sp³-hybridized carbons (Fsp3) is 0.500. The number of nitriles is 1. The molecule has 0 saturated carbocycles.